The minimum absolute atomic E-state index is 0. The summed E-state index contributed by atoms with van der Waals surface area (Å²) in [4.78, 5) is 4.02. The van der Waals surface area contributed by atoms with Gasteiger partial charge in [0.15, 0.2) is 5.96 Å². The van der Waals surface area contributed by atoms with Crippen LogP contribution < -0.4 is 11.1 Å². The molecule has 3 N–H and O–H groups in total. The molecule has 0 saturated carbocycles. The van der Waals surface area contributed by atoms with E-state index in [0.717, 1.165) is 17.7 Å². The molecule has 0 spiro atoms. The van der Waals surface area contributed by atoms with Crippen LogP contribution in [0.2, 0.25) is 0 Å². The summed E-state index contributed by atoms with van der Waals surface area (Å²) in [5.41, 5.74) is 6.48. The first-order valence-electron chi connectivity index (χ1n) is 5.63. The first-order valence-corrected chi connectivity index (χ1v) is 5.63. The zero-order chi connectivity index (χ0) is 14.5. The van der Waals surface area contributed by atoms with Crippen molar-refractivity contribution in [2.24, 2.45) is 10.7 Å². The number of hydrogen-bond donors (Lipinski definition) is 2. The number of hydrogen-bond acceptors (Lipinski definition) is 1. The van der Waals surface area contributed by atoms with Gasteiger partial charge in [0.1, 0.15) is 0 Å². The molecule has 7 heteroatoms. The Balaban J connectivity index is 0.00000361. The molecule has 1 aromatic rings. The number of benzene rings is 1. The largest absolute Gasteiger partial charge is 0.416 e. The van der Waals surface area contributed by atoms with Crippen molar-refractivity contribution in [1.82, 2.24) is 5.32 Å². The van der Waals surface area contributed by atoms with Gasteiger partial charge < -0.3 is 11.1 Å². The maximum atomic E-state index is 12.3. The third kappa shape index (κ3) is 6.78. The van der Waals surface area contributed by atoms with E-state index in [2.05, 4.69) is 16.9 Å². The second-order valence-corrected chi connectivity index (χ2v) is 4.21. The van der Waals surface area contributed by atoms with Gasteiger partial charge >= 0.3 is 6.18 Å². The predicted molar refractivity (Wildman–Crippen MR) is 85.0 cm³/mol. The van der Waals surface area contributed by atoms with E-state index in [-0.39, 0.29) is 36.5 Å². The standard InChI is InChI=1S/C13H16F3N3.HI/c1-9(2)7-18-12(17)19-8-10-3-5-11(6-4-10)13(14,15)16;/h3-6H,1,7-8H2,2H3,(H3,17,18,19);1H. The predicted octanol–water partition coefficient (Wildman–Crippen LogP) is 3.30. The van der Waals surface area contributed by atoms with Crippen LogP contribution in [0.1, 0.15) is 18.1 Å². The van der Waals surface area contributed by atoms with E-state index in [4.69, 9.17) is 5.73 Å². The third-order valence-corrected chi connectivity index (χ3v) is 2.28. The van der Waals surface area contributed by atoms with E-state index in [9.17, 15) is 13.2 Å². The number of nitrogens with one attached hydrogen (secondary N) is 1. The first kappa shape index (κ1) is 18.8. The Labute approximate surface area is 133 Å². The fourth-order valence-electron chi connectivity index (χ4n) is 1.27. The highest BCUT2D eigenvalue weighted by atomic mass is 127. The first-order chi connectivity index (χ1) is 8.79. The zero-order valence-corrected chi connectivity index (χ0v) is 13.3. The van der Waals surface area contributed by atoms with Gasteiger partial charge in [-0.05, 0) is 24.6 Å². The zero-order valence-electron chi connectivity index (χ0n) is 11.0. The Bertz CT molecular complexity index is 467. The van der Waals surface area contributed by atoms with Crippen LogP contribution in [0.25, 0.3) is 0 Å². The molecule has 0 bridgehead atoms. The summed E-state index contributed by atoms with van der Waals surface area (Å²) < 4.78 is 37.0. The maximum Gasteiger partial charge on any atom is 0.416 e. The Morgan fingerprint density at radius 2 is 1.85 bits per heavy atom. The molecular formula is C13H17F3IN3. The van der Waals surface area contributed by atoms with Crippen LogP contribution >= 0.6 is 24.0 Å². The maximum absolute atomic E-state index is 12.3. The highest BCUT2D eigenvalue weighted by molar-refractivity contribution is 14.0. The van der Waals surface area contributed by atoms with E-state index in [1.807, 2.05) is 6.92 Å². The second kappa shape index (κ2) is 8.13. The minimum atomic E-state index is -4.32. The van der Waals surface area contributed by atoms with Crippen molar-refractivity contribution in [3.8, 4) is 0 Å². The number of rotatable bonds is 4. The van der Waals surface area contributed by atoms with Gasteiger partial charge in [-0.15, -0.1) is 24.0 Å². The molecule has 0 aliphatic rings. The van der Waals surface area contributed by atoms with Crippen molar-refractivity contribution in [2.75, 3.05) is 6.54 Å². The molecule has 20 heavy (non-hydrogen) atoms. The van der Waals surface area contributed by atoms with E-state index in [1.165, 1.54) is 12.1 Å². The van der Waals surface area contributed by atoms with Crippen LogP contribution in [0.3, 0.4) is 0 Å². The highest BCUT2D eigenvalue weighted by Crippen LogP contribution is 2.29. The average Bonchev–Trinajstić information content (AvgIpc) is 2.33. The van der Waals surface area contributed by atoms with Crippen LogP contribution in [0.15, 0.2) is 41.4 Å². The summed E-state index contributed by atoms with van der Waals surface area (Å²) in [6.07, 6.45) is -4.32. The molecule has 112 valence electrons. The summed E-state index contributed by atoms with van der Waals surface area (Å²) in [5, 5.41) is 2.84. The smallest absolute Gasteiger partial charge is 0.370 e. The molecule has 0 heterocycles. The minimum Gasteiger partial charge on any atom is -0.370 e. The van der Waals surface area contributed by atoms with Gasteiger partial charge in [-0.3, -0.25) is 0 Å². The fraction of sp³-hybridized carbons (Fsp3) is 0.308. The SMILES string of the molecule is C=C(C)CNC(N)=NCc1ccc(C(F)(F)F)cc1.I. The summed E-state index contributed by atoms with van der Waals surface area (Å²) >= 11 is 0. The second-order valence-electron chi connectivity index (χ2n) is 4.21. The molecular weight excluding hydrogens is 382 g/mol. The van der Waals surface area contributed by atoms with Gasteiger partial charge in [0, 0.05) is 6.54 Å². The van der Waals surface area contributed by atoms with Crippen LogP contribution in [-0.2, 0) is 12.7 Å². The van der Waals surface area contributed by atoms with Crippen molar-refractivity contribution in [2.45, 2.75) is 19.6 Å². The Morgan fingerprint density at radius 3 is 2.30 bits per heavy atom. The summed E-state index contributed by atoms with van der Waals surface area (Å²) in [7, 11) is 0. The van der Waals surface area contributed by atoms with Crippen LogP contribution in [0, 0.1) is 0 Å². The summed E-state index contributed by atoms with van der Waals surface area (Å²) in [6, 6.07) is 4.83. The number of nitrogens with zero attached hydrogens (tertiary/aromatic N) is 1. The van der Waals surface area contributed by atoms with E-state index in [0.29, 0.717) is 12.1 Å². The van der Waals surface area contributed by atoms with Crippen molar-refractivity contribution in [3.05, 3.63) is 47.5 Å². The van der Waals surface area contributed by atoms with Crippen molar-refractivity contribution in [3.63, 3.8) is 0 Å². The van der Waals surface area contributed by atoms with Gasteiger partial charge in [0.25, 0.3) is 0 Å². The highest BCUT2D eigenvalue weighted by Gasteiger charge is 2.29. The lowest BCUT2D eigenvalue weighted by molar-refractivity contribution is -0.137. The van der Waals surface area contributed by atoms with Crippen molar-refractivity contribution in [1.29, 1.82) is 0 Å². The molecule has 0 fully saturated rings. The molecule has 1 aromatic carbocycles. The Morgan fingerprint density at radius 1 is 1.30 bits per heavy atom. The lowest BCUT2D eigenvalue weighted by atomic mass is 10.1. The number of aliphatic imine (C=N–C) groups is 1. The van der Waals surface area contributed by atoms with E-state index >= 15 is 0 Å². The molecule has 0 atom stereocenters. The van der Waals surface area contributed by atoms with Crippen LogP contribution in [-0.4, -0.2) is 12.5 Å². The summed E-state index contributed by atoms with van der Waals surface area (Å²) in [5.74, 6) is 0.239. The molecule has 1 rings (SSSR count). The molecule has 0 unspecified atom stereocenters. The number of nitrogens with two attached hydrogens (primary N) is 1. The molecule has 0 aromatic heterocycles. The molecule has 0 aliphatic heterocycles. The van der Waals surface area contributed by atoms with Crippen LogP contribution in [0.4, 0.5) is 13.2 Å². The third-order valence-electron chi connectivity index (χ3n) is 2.28. The van der Waals surface area contributed by atoms with Gasteiger partial charge in [-0.1, -0.05) is 24.3 Å². The topological polar surface area (TPSA) is 50.4 Å². The van der Waals surface area contributed by atoms with Gasteiger partial charge in [0.2, 0.25) is 0 Å². The molecule has 0 aliphatic carbocycles. The fourth-order valence-corrected chi connectivity index (χ4v) is 1.27. The Hall–Kier alpha value is -1.25. The molecule has 0 radical (unpaired) electrons. The van der Waals surface area contributed by atoms with Gasteiger partial charge in [-0.2, -0.15) is 13.2 Å². The average molecular weight is 399 g/mol. The number of guanidine groups is 1. The van der Waals surface area contributed by atoms with E-state index < -0.39 is 11.7 Å². The monoisotopic (exact) mass is 399 g/mol. The molecule has 0 saturated heterocycles. The number of halogens is 4. The molecule has 0 amide bonds. The number of alkyl halides is 3. The quantitative estimate of drug-likeness (QED) is 0.353. The normalized spacial score (nSPS) is 11.7. The lowest BCUT2D eigenvalue weighted by Crippen LogP contribution is -2.32. The molecule has 3 nitrogen and oxygen atoms in total. The van der Waals surface area contributed by atoms with Gasteiger partial charge in [-0.25, -0.2) is 4.99 Å². The summed E-state index contributed by atoms with van der Waals surface area (Å²) in [6.45, 7) is 6.29. The van der Waals surface area contributed by atoms with E-state index in [1.54, 1.807) is 0 Å². The Kier molecular flexibility index (Phi) is 7.62. The lowest BCUT2D eigenvalue weighted by Gasteiger charge is -2.07. The van der Waals surface area contributed by atoms with Crippen molar-refractivity contribution < 1.29 is 13.2 Å². The van der Waals surface area contributed by atoms with Crippen molar-refractivity contribution >= 4 is 29.9 Å². The van der Waals surface area contributed by atoms with Gasteiger partial charge in [0.05, 0.1) is 12.1 Å². The van der Waals surface area contributed by atoms with Crippen LogP contribution in [0.5, 0.6) is 0 Å².